The molecule has 1 aliphatic rings. The first kappa shape index (κ1) is 14.8. The van der Waals surface area contributed by atoms with E-state index in [0.29, 0.717) is 18.7 Å². The third-order valence-electron chi connectivity index (χ3n) is 3.15. The second kappa shape index (κ2) is 6.23. The minimum Gasteiger partial charge on any atom is -0.409 e. The summed E-state index contributed by atoms with van der Waals surface area (Å²) in [6.07, 6.45) is -0.568. The van der Waals surface area contributed by atoms with Gasteiger partial charge >= 0.3 is 0 Å². The van der Waals surface area contributed by atoms with E-state index in [4.69, 9.17) is 15.7 Å². The smallest absolute Gasteiger partial charge is 0.255 e. The van der Waals surface area contributed by atoms with Crippen molar-refractivity contribution in [2.75, 3.05) is 19.7 Å². The Balaban J connectivity index is 2.16. The van der Waals surface area contributed by atoms with Gasteiger partial charge in [0, 0.05) is 11.0 Å². The molecule has 20 heavy (non-hydrogen) atoms. The zero-order valence-corrected chi connectivity index (χ0v) is 12.6. The lowest BCUT2D eigenvalue weighted by Gasteiger charge is -2.32. The quantitative estimate of drug-likeness (QED) is 0.368. The van der Waals surface area contributed by atoms with Crippen molar-refractivity contribution in [2.24, 2.45) is 10.9 Å². The molecule has 1 amide bonds. The summed E-state index contributed by atoms with van der Waals surface area (Å²) >= 11 is 3.40. The fourth-order valence-corrected chi connectivity index (χ4v) is 2.70. The minimum atomic E-state index is -0.568. The summed E-state index contributed by atoms with van der Waals surface area (Å²) < 4.78 is 6.13. The SMILES string of the molecule is Cc1ccc(C(=O)N2CCOC(/C(N)=N/O)C2)c(Br)c1. The molecule has 1 aliphatic heterocycles. The average molecular weight is 342 g/mol. The zero-order chi connectivity index (χ0) is 14.7. The van der Waals surface area contributed by atoms with Gasteiger partial charge in [0.2, 0.25) is 0 Å². The Bertz CT molecular complexity index is 548. The first-order valence-electron chi connectivity index (χ1n) is 6.17. The van der Waals surface area contributed by atoms with Crippen LogP contribution in [0.1, 0.15) is 15.9 Å². The number of ether oxygens (including phenoxy) is 1. The molecule has 1 fully saturated rings. The van der Waals surface area contributed by atoms with Crippen molar-refractivity contribution in [1.29, 1.82) is 0 Å². The molecule has 1 aromatic rings. The summed E-state index contributed by atoms with van der Waals surface area (Å²) in [5, 5.41) is 11.6. The molecule has 1 saturated heterocycles. The second-order valence-electron chi connectivity index (χ2n) is 4.62. The van der Waals surface area contributed by atoms with E-state index in [1.54, 1.807) is 11.0 Å². The molecule has 0 aliphatic carbocycles. The van der Waals surface area contributed by atoms with Crippen LogP contribution in [-0.4, -0.2) is 47.7 Å². The Morgan fingerprint density at radius 1 is 1.60 bits per heavy atom. The van der Waals surface area contributed by atoms with Gasteiger partial charge in [-0.25, -0.2) is 0 Å². The molecule has 2 rings (SSSR count). The van der Waals surface area contributed by atoms with Crippen LogP contribution in [0, 0.1) is 6.92 Å². The number of nitrogens with zero attached hydrogens (tertiary/aromatic N) is 2. The molecule has 3 N–H and O–H groups in total. The van der Waals surface area contributed by atoms with E-state index >= 15 is 0 Å². The fourth-order valence-electron chi connectivity index (χ4n) is 2.04. The van der Waals surface area contributed by atoms with E-state index < -0.39 is 6.10 Å². The Morgan fingerprint density at radius 2 is 2.35 bits per heavy atom. The van der Waals surface area contributed by atoms with Crippen molar-refractivity contribution in [3.8, 4) is 0 Å². The molecule has 1 atom stereocenters. The number of rotatable bonds is 2. The van der Waals surface area contributed by atoms with Gasteiger partial charge < -0.3 is 20.6 Å². The van der Waals surface area contributed by atoms with Crippen LogP contribution in [0.2, 0.25) is 0 Å². The van der Waals surface area contributed by atoms with E-state index in [0.717, 1.165) is 10.0 Å². The Hall–Kier alpha value is -1.60. The summed E-state index contributed by atoms with van der Waals surface area (Å²) in [6, 6.07) is 5.57. The Labute approximate surface area is 125 Å². The van der Waals surface area contributed by atoms with Gasteiger partial charge in [0.25, 0.3) is 5.91 Å². The number of oxime groups is 1. The van der Waals surface area contributed by atoms with Crippen LogP contribution < -0.4 is 5.73 Å². The van der Waals surface area contributed by atoms with Crippen LogP contribution >= 0.6 is 15.9 Å². The number of aryl methyl sites for hydroxylation is 1. The molecule has 0 bridgehead atoms. The highest BCUT2D eigenvalue weighted by Crippen LogP contribution is 2.21. The molecule has 0 spiro atoms. The zero-order valence-electron chi connectivity index (χ0n) is 11.0. The molecular formula is C13H16BrN3O3. The van der Waals surface area contributed by atoms with E-state index in [9.17, 15) is 4.79 Å². The average Bonchev–Trinajstić information content (AvgIpc) is 2.46. The maximum absolute atomic E-state index is 12.5. The van der Waals surface area contributed by atoms with E-state index in [1.165, 1.54) is 0 Å². The molecule has 0 radical (unpaired) electrons. The van der Waals surface area contributed by atoms with Crippen molar-refractivity contribution in [2.45, 2.75) is 13.0 Å². The number of carbonyl (C=O) groups is 1. The number of benzene rings is 1. The van der Waals surface area contributed by atoms with Crippen molar-refractivity contribution in [3.63, 3.8) is 0 Å². The van der Waals surface area contributed by atoms with Gasteiger partial charge in [0.1, 0.15) is 6.10 Å². The van der Waals surface area contributed by atoms with E-state index in [-0.39, 0.29) is 18.3 Å². The van der Waals surface area contributed by atoms with E-state index in [1.807, 2.05) is 19.1 Å². The van der Waals surface area contributed by atoms with Gasteiger partial charge in [0.15, 0.2) is 5.84 Å². The summed E-state index contributed by atoms with van der Waals surface area (Å²) in [5.74, 6) is -0.124. The van der Waals surface area contributed by atoms with Crippen LogP contribution in [0.15, 0.2) is 27.8 Å². The largest absolute Gasteiger partial charge is 0.409 e. The lowest BCUT2D eigenvalue weighted by molar-refractivity contribution is 0.00671. The van der Waals surface area contributed by atoms with Crippen molar-refractivity contribution < 1.29 is 14.7 Å². The topological polar surface area (TPSA) is 88.2 Å². The maximum atomic E-state index is 12.5. The third kappa shape index (κ3) is 3.10. The van der Waals surface area contributed by atoms with Gasteiger partial charge in [-0.15, -0.1) is 0 Å². The normalized spacial score (nSPS) is 20.0. The maximum Gasteiger partial charge on any atom is 0.255 e. The van der Waals surface area contributed by atoms with Gasteiger partial charge in [0.05, 0.1) is 18.7 Å². The summed E-state index contributed by atoms with van der Waals surface area (Å²) in [6.45, 7) is 3.07. The first-order chi connectivity index (χ1) is 9.52. The Morgan fingerprint density at radius 3 is 3.00 bits per heavy atom. The number of hydrogen-bond donors (Lipinski definition) is 2. The second-order valence-corrected chi connectivity index (χ2v) is 5.47. The lowest BCUT2D eigenvalue weighted by atomic mass is 10.1. The van der Waals surface area contributed by atoms with Crippen molar-refractivity contribution in [1.82, 2.24) is 4.90 Å². The molecule has 1 unspecified atom stereocenters. The molecule has 1 heterocycles. The first-order valence-corrected chi connectivity index (χ1v) is 6.96. The lowest BCUT2D eigenvalue weighted by Crippen LogP contribution is -2.50. The van der Waals surface area contributed by atoms with Gasteiger partial charge in [-0.2, -0.15) is 0 Å². The number of carbonyl (C=O) groups excluding carboxylic acids is 1. The molecule has 1 aromatic carbocycles. The van der Waals surface area contributed by atoms with E-state index in [2.05, 4.69) is 21.1 Å². The summed E-state index contributed by atoms with van der Waals surface area (Å²) in [4.78, 5) is 14.1. The fraction of sp³-hybridized carbons (Fsp3) is 0.385. The third-order valence-corrected chi connectivity index (χ3v) is 3.81. The molecule has 108 valence electrons. The van der Waals surface area contributed by atoms with Crippen molar-refractivity contribution in [3.05, 3.63) is 33.8 Å². The van der Waals surface area contributed by atoms with Gasteiger partial charge in [-0.3, -0.25) is 4.79 Å². The number of morpholine rings is 1. The van der Waals surface area contributed by atoms with Crippen molar-refractivity contribution >= 4 is 27.7 Å². The van der Waals surface area contributed by atoms with Crippen LogP contribution in [0.3, 0.4) is 0 Å². The molecule has 6 nitrogen and oxygen atoms in total. The van der Waals surface area contributed by atoms with Crippen LogP contribution in [0.25, 0.3) is 0 Å². The van der Waals surface area contributed by atoms with Crippen LogP contribution in [0.5, 0.6) is 0 Å². The minimum absolute atomic E-state index is 0.0227. The highest BCUT2D eigenvalue weighted by molar-refractivity contribution is 9.10. The number of amidine groups is 1. The molecule has 0 aromatic heterocycles. The highest BCUT2D eigenvalue weighted by atomic mass is 79.9. The standard InChI is InChI=1S/C13H16BrN3O3/c1-8-2-3-9(10(14)6-8)13(18)17-4-5-20-11(7-17)12(15)16-19/h2-3,6,11,19H,4-5,7H2,1H3,(H2,15,16). The predicted molar refractivity (Wildman–Crippen MR) is 77.9 cm³/mol. The monoisotopic (exact) mass is 341 g/mol. The van der Waals surface area contributed by atoms with Crippen LogP contribution in [-0.2, 0) is 4.74 Å². The predicted octanol–water partition coefficient (Wildman–Crippen LogP) is 1.34. The van der Waals surface area contributed by atoms with Gasteiger partial charge in [-0.05, 0) is 40.5 Å². The molecule has 0 saturated carbocycles. The Kier molecular flexibility index (Phi) is 4.61. The van der Waals surface area contributed by atoms with Crippen LogP contribution in [0.4, 0.5) is 0 Å². The van der Waals surface area contributed by atoms with Gasteiger partial charge in [-0.1, -0.05) is 11.2 Å². The number of halogens is 1. The summed E-state index contributed by atoms with van der Waals surface area (Å²) in [5.41, 5.74) is 7.19. The number of hydrogen-bond acceptors (Lipinski definition) is 4. The number of amides is 1. The molecular weight excluding hydrogens is 326 g/mol. The number of nitrogens with two attached hydrogens (primary N) is 1. The molecule has 7 heteroatoms. The summed E-state index contributed by atoms with van der Waals surface area (Å²) in [7, 11) is 0. The highest BCUT2D eigenvalue weighted by Gasteiger charge is 2.28.